The molecule has 4 heavy (non-hydrogen) atoms. The summed E-state index contributed by atoms with van der Waals surface area (Å²) in [7, 11) is 0. The molecular weight excluding hydrogens is 197 g/mol. The summed E-state index contributed by atoms with van der Waals surface area (Å²) in [5, 5.41) is 0. The minimum absolute atomic E-state index is 0. The summed E-state index contributed by atoms with van der Waals surface area (Å²) in [6, 6.07) is 0. The number of hydrogen-bond donors (Lipinski definition) is 0. The van der Waals surface area contributed by atoms with Gasteiger partial charge in [-0.05, 0) is 0 Å². The third kappa shape index (κ3) is 8.83. The van der Waals surface area contributed by atoms with Gasteiger partial charge in [0.15, 0.2) is 0 Å². The summed E-state index contributed by atoms with van der Waals surface area (Å²) in [6.45, 7) is 0. The van der Waals surface area contributed by atoms with E-state index in [-0.39, 0.29) is 83.7 Å². The van der Waals surface area contributed by atoms with Crippen LogP contribution in [0.15, 0.2) is 0 Å². The molecule has 0 N–H and O–H groups in total. The maximum atomic E-state index is 0. The molecule has 0 saturated carbocycles. The first-order chi connectivity index (χ1) is 0. The molecule has 0 atom stereocenters. The Morgan fingerprint density at radius 1 is 1.00 bits per heavy atom. The van der Waals surface area contributed by atoms with Crippen LogP contribution in [0, 0.1) is 0 Å². The zero-order valence-corrected chi connectivity index (χ0v) is 8.37. The van der Waals surface area contributed by atoms with Gasteiger partial charge in [0.25, 0.3) is 0 Å². The van der Waals surface area contributed by atoms with E-state index in [4.69, 9.17) is 0 Å². The molecule has 0 saturated heterocycles. The molecule has 0 aliphatic carbocycles. The van der Waals surface area contributed by atoms with Crippen molar-refractivity contribution >= 4 is 40.4 Å². The van der Waals surface area contributed by atoms with Gasteiger partial charge in [0.2, 0.25) is 0 Å². The summed E-state index contributed by atoms with van der Waals surface area (Å²) in [6.07, 6.45) is 0. The quantitative estimate of drug-likeness (QED) is 0.448. The van der Waals surface area contributed by atoms with Gasteiger partial charge >= 0.3 is 0 Å². The van der Waals surface area contributed by atoms with Crippen LogP contribution in [0.3, 0.4) is 0 Å². The van der Waals surface area contributed by atoms with Crippen molar-refractivity contribution in [2.24, 2.45) is 0 Å². The molecule has 0 amide bonds. The Morgan fingerprint density at radius 3 is 1.00 bits per heavy atom. The minimum atomic E-state index is 0. The third-order valence-electron chi connectivity index (χ3n) is 0. The zero-order chi connectivity index (χ0) is 0. The Bertz CT molecular complexity index is 8.00. The van der Waals surface area contributed by atoms with Gasteiger partial charge in [-0.2, -0.15) is 0 Å². The van der Waals surface area contributed by atoms with Crippen LogP contribution in [0.1, 0.15) is 0 Å². The maximum Gasteiger partial charge on any atom is 0 e. The van der Waals surface area contributed by atoms with Gasteiger partial charge in [0.05, 0.1) is 0 Å². The second kappa shape index (κ2) is 17.3. The molecule has 16 valence electrons. The molecule has 0 aliphatic heterocycles. The smallest absolute Gasteiger partial charge is 0 e. The minimum Gasteiger partial charge on any atom is 0 e. The van der Waals surface area contributed by atoms with E-state index in [0.29, 0.717) is 0 Å². The predicted molar refractivity (Wildman–Crippen MR) is 11.5 cm³/mol. The first kappa shape index (κ1) is 29.9. The molecule has 0 aromatic rings. The Labute approximate surface area is 82.4 Å². The van der Waals surface area contributed by atoms with E-state index in [1.807, 2.05) is 0 Å². The van der Waals surface area contributed by atoms with Crippen molar-refractivity contribution in [1.82, 2.24) is 0 Å². The second-order valence-electron chi connectivity index (χ2n) is 0. The Hall–Kier alpha value is 2.70. The summed E-state index contributed by atoms with van der Waals surface area (Å²) in [5.41, 5.74) is 0. The van der Waals surface area contributed by atoms with Crippen LogP contribution in [-0.4, -0.2) is 40.4 Å². The van der Waals surface area contributed by atoms with Gasteiger partial charge in [-0.25, -0.2) is 0 Å². The van der Waals surface area contributed by atoms with Crippen molar-refractivity contribution in [3.63, 3.8) is 0 Å². The molecule has 4 heteroatoms. The number of rotatable bonds is 0. The molecule has 0 nitrogen and oxygen atoms in total. The van der Waals surface area contributed by atoms with Crippen molar-refractivity contribution in [2.75, 3.05) is 0 Å². The first-order valence-electron chi connectivity index (χ1n) is 0. The van der Waals surface area contributed by atoms with E-state index in [1.165, 1.54) is 0 Å². The summed E-state index contributed by atoms with van der Waals surface area (Å²) in [4.78, 5) is 0. The molecule has 0 unspecified atom stereocenters. The summed E-state index contributed by atoms with van der Waals surface area (Å²) in [5.74, 6) is 0. The van der Waals surface area contributed by atoms with Crippen LogP contribution in [0.2, 0.25) is 0 Å². The molecule has 0 fully saturated rings. The van der Waals surface area contributed by atoms with Crippen molar-refractivity contribution in [3.8, 4) is 0 Å². The second-order valence-corrected chi connectivity index (χ2v) is 0. The van der Waals surface area contributed by atoms with Crippen LogP contribution in [-0.2, 0) is 43.3 Å². The first-order valence-corrected chi connectivity index (χ1v) is 0. The van der Waals surface area contributed by atoms with E-state index in [1.54, 1.807) is 0 Å². The summed E-state index contributed by atoms with van der Waals surface area (Å²) >= 11 is 0. The topological polar surface area (TPSA) is 0 Å². The monoisotopic (exact) mass is 196 g/mol. The van der Waals surface area contributed by atoms with E-state index in [2.05, 4.69) is 0 Å². The number of hydrogen-bond acceptors (Lipinski definition) is 0. The molecule has 0 aromatic heterocycles. The third-order valence-corrected chi connectivity index (χ3v) is 0. The van der Waals surface area contributed by atoms with Gasteiger partial charge in [0.1, 0.15) is 0 Å². The van der Waals surface area contributed by atoms with Crippen molar-refractivity contribution in [3.05, 3.63) is 0 Å². The van der Waals surface area contributed by atoms with Crippen molar-refractivity contribution < 1.29 is 43.3 Å². The van der Waals surface area contributed by atoms with Crippen LogP contribution < -0.4 is 0 Å². The molecule has 0 aliphatic rings. The zero-order valence-electron chi connectivity index (χ0n) is 2.16. The van der Waals surface area contributed by atoms with Crippen molar-refractivity contribution in [2.45, 2.75) is 0 Å². The molecule has 0 aromatic carbocycles. The van der Waals surface area contributed by atoms with Gasteiger partial charge < -0.3 is 0 Å². The average molecular weight is 197 g/mol. The SMILES string of the molecule is [Al].[Mg].[Mn].[Zr]. The average Bonchev–Trinajstić information content (AvgIpc) is 0. The fourth-order valence-corrected chi connectivity index (χ4v) is 0. The fourth-order valence-electron chi connectivity index (χ4n) is 0. The molecular formula is AlMgMnZr. The standard InChI is InChI=1S/Al.Mg.Mn.Zr. The molecule has 0 bridgehead atoms. The van der Waals surface area contributed by atoms with Gasteiger partial charge in [-0.3, -0.25) is 0 Å². The molecule has 6 radical (unpaired) electrons. The Balaban J connectivity index is 0. The molecule has 0 spiro atoms. The predicted octanol–water partition coefficient (Wildman–Crippen LogP) is -0.767. The van der Waals surface area contributed by atoms with Gasteiger partial charge in [-0.15, -0.1) is 0 Å². The molecule has 0 rings (SSSR count). The van der Waals surface area contributed by atoms with Gasteiger partial charge in [-0.1, -0.05) is 0 Å². The van der Waals surface area contributed by atoms with Crippen molar-refractivity contribution in [1.29, 1.82) is 0 Å². The van der Waals surface area contributed by atoms with Gasteiger partial charge in [0, 0.05) is 83.7 Å². The van der Waals surface area contributed by atoms with E-state index in [9.17, 15) is 0 Å². The Morgan fingerprint density at radius 2 is 1.00 bits per heavy atom. The maximum absolute atomic E-state index is 0. The van der Waals surface area contributed by atoms with Crippen LogP contribution >= 0.6 is 0 Å². The van der Waals surface area contributed by atoms with Crippen LogP contribution in [0.4, 0.5) is 0 Å². The Kier molecular flexibility index (Phi) is 129. The normalized spacial score (nSPS) is 0. The van der Waals surface area contributed by atoms with E-state index >= 15 is 0 Å². The fraction of sp³-hybridized carbons (Fsp3) is 0. The van der Waals surface area contributed by atoms with E-state index in [0.717, 1.165) is 0 Å². The largest absolute Gasteiger partial charge is 0 e. The van der Waals surface area contributed by atoms with Crippen LogP contribution in [0.5, 0.6) is 0 Å². The van der Waals surface area contributed by atoms with E-state index < -0.39 is 0 Å². The van der Waals surface area contributed by atoms with Crippen LogP contribution in [0.25, 0.3) is 0 Å². The summed E-state index contributed by atoms with van der Waals surface area (Å²) < 4.78 is 0. The molecule has 0 heterocycles.